The minimum atomic E-state index is -0.783. The molecule has 3 atom stereocenters. The van der Waals surface area contributed by atoms with Gasteiger partial charge in [-0.05, 0) is 30.9 Å². The molecule has 3 nitrogen and oxygen atoms in total. The van der Waals surface area contributed by atoms with Crippen LogP contribution >= 0.6 is 0 Å². The lowest BCUT2D eigenvalue weighted by Crippen LogP contribution is -2.30. The molecule has 106 valence electrons. The first-order chi connectivity index (χ1) is 9.11. The highest BCUT2D eigenvalue weighted by atomic mass is 19.1. The zero-order valence-electron chi connectivity index (χ0n) is 11.3. The number of hydrogen-bond acceptors (Lipinski definition) is 3. The Labute approximate surface area is 113 Å². The molecule has 1 aromatic carbocycles. The van der Waals surface area contributed by atoms with Crippen molar-refractivity contribution in [3.63, 3.8) is 0 Å². The molecule has 0 radical (unpaired) electrons. The van der Waals surface area contributed by atoms with Crippen molar-refractivity contribution in [2.45, 2.75) is 19.4 Å². The summed E-state index contributed by atoms with van der Waals surface area (Å²) in [6.45, 7) is 4.69. The van der Waals surface area contributed by atoms with Crippen molar-refractivity contribution < 1.29 is 14.6 Å². The highest BCUT2D eigenvalue weighted by Crippen LogP contribution is 2.26. The topological polar surface area (TPSA) is 43.7 Å². The van der Waals surface area contributed by atoms with Crippen molar-refractivity contribution in [2.75, 3.05) is 26.2 Å². The predicted molar refractivity (Wildman–Crippen MR) is 72.2 cm³/mol. The Hall–Kier alpha value is -0.970. The zero-order valence-corrected chi connectivity index (χ0v) is 11.3. The molecule has 2 rings (SSSR count). The summed E-state index contributed by atoms with van der Waals surface area (Å²) in [5, 5.41) is 19.4. The van der Waals surface area contributed by atoms with E-state index in [4.69, 9.17) is 5.11 Å². The second kappa shape index (κ2) is 6.46. The predicted octanol–water partition coefficient (Wildman–Crippen LogP) is 1.81. The third-order valence-corrected chi connectivity index (χ3v) is 3.94. The highest BCUT2D eigenvalue weighted by Gasteiger charge is 2.26. The fourth-order valence-electron chi connectivity index (χ4n) is 2.76. The minimum Gasteiger partial charge on any atom is -0.396 e. The van der Waals surface area contributed by atoms with Gasteiger partial charge in [0.1, 0.15) is 5.82 Å². The first kappa shape index (κ1) is 14.4. The molecular formula is C15H22FNO2. The summed E-state index contributed by atoms with van der Waals surface area (Å²) in [5.41, 5.74) is 0.368. The molecule has 0 saturated carbocycles. The van der Waals surface area contributed by atoms with Gasteiger partial charge in [0.25, 0.3) is 0 Å². The first-order valence-electron chi connectivity index (χ1n) is 6.87. The number of likely N-dealkylation sites (tertiary alicyclic amines) is 1. The molecule has 0 amide bonds. The third-order valence-electron chi connectivity index (χ3n) is 3.94. The van der Waals surface area contributed by atoms with E-state index in [-0.39, 0.29) is 18.3 Å². The summed E-state index contributed by atoms with van der Waals surface area (Å²) in [6, 6.07) is 6.38. The first-order valence-corrected chi connectivity index (χ1v) is 6.87. The molecule has 2 N–H and O–H groups in total. The van der Waals surface area contributed by atoms with Gasteiger partial charge < -0.3 is 15.1 Å². The molecule has 0 spiro atoms. The van der Waals surface area contributed by atoms with E-state index in [1.807, 2.05) is 6.92 Å². The van der Waals surface area contributed by atoms with E-state index >= 15 is 0 Å². The van der Waals surface area contributed by atoms with Crippen LogP contribution in [0.5, 0.6) is 0 Å². The van der Waals surface area contributed by atoms with Crippen LogP contribution in [0.4, 0.5) is 4.39 Å². The van der Waals surface area contributed by atoms with Gasteiger partial charge in [-0.3, -0.25) is 0 Å². The van der Waals surface area contributed by atoms with Crippen LogP contribution in [0.15, 0.2) is 24.3 Å². The lowest BCUT2D eigenvalue weighted by Gasteiger charge is -2.25. The molecule has 1 aliphatic heterocycles. The molecule has 1 aliphatic rings. The van der Waals surface area contributed by atoms with Crippen molar-refractivity contribution >= 4 is 0 Å². The number of aliphatic hydroxyl groups excluding tert-OH is 2. The van der Waals surface area contributed by atoms with Crippen molar-refractivity contribution in [1.29, 1.82) is 0 Å². The molecule has 1 aromatic rings. The van der Waals surface area contributed by atoms with Gasteiger partial charge in [0.15, 0.2) is 0 Å². The van der Waals surface area contributed by atoms with Gasteiger partial charge in [-0.1, -0.05) is 25.1 Å². The molecule has 1 fully saturated rings. The van der Waals surface area contributed by atoms with E-state index in [1.165, 1.54) is 6.07 Å². The number of benzene rings is 1. The van der Waals surface area contributed by atoms with Gasteiger partial charge in [0.05, 0.1) is 6.10 Å². The summed E-state index contributed by atoms with van der Waals surface area (Å²) in [4.78, 5) is 2.23. The third kappa shape index (κ3) is 3.53. The van der Waals surface area contributed by atoms with E-state index in [9.17, 15) is 9.50 Å². The Morgan fingerprint density at radius 2 is 2.16 bits per heavy atom. The van der Waals surface area contributed by atoms with Crippen LogP contribution in [0.2, 0.25) is 0 Å². The quantitative estimate of drug-likeness (QED) is 0.855. The zero-order chi connectivity index (χ0) is 13.8. The Morgan fingerprint density at radius 1 is 1.42 bits per heavy atom. The van der Waals surface area contributed by atoms with Crippen LogP contribution < -0.4 is 0 Å². The molecule has 19 heavy (non-hydrogen) atoms. The SMILES string of the molecule is CC(CN1CCC(CO)C1)C(O)c1ccccc1F. The maximum Gasteiger partial charge on any atom is 0.129 e. The minimum absolute atomic E-state index is 0.0330. The van der Waals surface area contributed by atoms with Crippen LogP contribution in [0.1, 0.15) is 25.0 Å². The maximum atomic E-state index is 13.6. The largest absolute Gasteiger partial charge is 0.396 e. The Balaban J connectivity index is 1.93. The van der Waals surface area contributed by atoms with Gasteiger partial charge in [0.2, 0.25) is 0 Å². The second-order valence-electron chi connectivity index (χ2n) is 5.54. The van der Waals surface area contributed by atoms with Gasteiger partial charge in [-0.15, -0.1) is 0 Å². The van der Waals surface area contributed by atoms with Crippen LogP contribution in [0.3, 0.4) is 0 Å². The average molecular weight is 267 g/mol. The smallest absolute Gasteiger partial charge is 0.129 e. The number of rotatable bonds is 5. The fourth-order valence-corrected chi connectivity index (χ4v) is 2.76. The molecule has 1 saturated heterocycles. The second-order valence-corrected chi connectivity index (χ2v) is 5.54. The number of halogens is 1. The summed E-state index contributed by atoms with van der Waals surface area (Å²) in [7, 11) is 0. The maximum absolute atomic E-state index is 13.6. The van der Waals surface area contributed by atoms with Gasteiger partial charge >= 0.3 is 0 Å². The van der Waals surface area contributed by atoms with E-state index in [0.29, 0.717) is 11.5 Å². The average Bonchev–Trinajstić information content (AvgIpc) is 2.86. The molecule has 0 aromatic heterocycles. The molecule has 0 aliphatic carbocycles. The normalized spacial score (nSPS) is 23.5. The number of hydrogen-bond donors (Lipinski definition) is 2. The Kier molecular flexibility index (Phi) is 4.91. The van der Waals surface area contributed by atoms with Gasteiger partial charge in [-0.25, -0.2) is 4.39 Å². The van der Waals surface area contributed by atoms with Crippen LogP contribution in [0, 0.1) is 17.7 Å². The number of aliphatic hydroxyl groups is 2. The highest BCUT2D eigenvalue weighted by molar-refractivity contribution is 5.20. The lowest BCUT2D eigenvalue weighted by atomic mass is 9.96. The van der Waals surface area contributed by atoms with E-state index < -0.39 is 6.10 Å². The van der Waals surface area contributed by atoms with E-state index in [1.54, 1.807) is 18.2 Å². The van der Waals surface area contributed by atoms with E-state index in [2.05, 4.69) is 4.90 Å². The molecule has 3 unspecified atom stereocenters. The van der Waals surface area contributed by atoms with Crippen LogP contribution in [-0.4, -0.2) is 41.4 Å². The van der Waals surface area contributed by atoms with Gasteiger partial charge in [-0.2, -0.15) is 0 Å². The summed E-state index contributed by atoms with van der Waals surface area (Å²) < 4.78 is 13.6. The van der Waals surface area contributed by atoms with Crippen molar-refractivity contribution in [3.8, 4) is 0 Å². The van der Waals surface area contributed by atoms with Crippen molar-refractivity contribution in [3.05, 3.63) is 35.6 Å². The fraction of sp³-hybridized carbons (Fsp3) is 0.600. The van der Waals surface area contributed by atoms with Gasteiger partial charge in [0, 0.05) is 25.3 Å². The van der Waals surface area contributed by atoms with Crippen LogP contribution in [0.25, 0.3) is 0 Å². The summed E-state index contributed by atoms with van der Waals surface area (Å²) in [6.07, 6.45) is 0.216. The Bertz CT molecular complexity index is 413. The molecule has 4 heteroatoms. The van der Waals surface area contributed by atoms with Crippen LogP contribution in [-0.2, 0) is 0 Å². The molecule has 0 bridgehead atoms. The standard InChI is InChI=1S/C15H22FNO2/c1-11(8-17-7-6-12(9-17)10-18)15(19)13-4-2-3-5-14(13)16/h2-5,11-12,15,18-19H,6-10H2,1H3. The van der Waals surface area contributed by atoms with E-state index in [0.717, 1.165) is 26.1 Å². The summed E-state index contributed by atoms with van der Waals surface area (Å²) in [5.74, 6) is -0.0383. The molecular weight excluding hydrogens is 245 g/mol. The molecule has 1 heterocycles. The van der Waals surface area contributed by atoms with Crippen molar-refractivity contribution in [1.82, 2.24) is 4.90 Å². The monoisotopic (exact) mass is 267 g/mol. The lowest BCUT2D eigenvalue weighted by molar-refractivity contribution is 0.0894. The summed E-state index contributed by atoms with van der Waals surface area (Å²) >= 11 is 0. The number of nitrogens with zero attached hydrogens (tertiary/aromatic N) is 1. The van der Waals surface area contributed by atoms with Crippen molar-refractivity contribution in [2.24, 2.45) is 11.8 Å². The Morgan fingerprint density at radius 3 is 2.79 bits per heavy atom.